The van der Waals surface area contributed by atoms with Crippen molar-refractivity contribution in [1.29, 1.82) is 0 Å². The van der Waals surface area contributed by atoms with Crippen LogP contribution >= 0.6 is 11.6 Å². The molecule has 0 unspecified atom stereocenters. The van der Waals surface area contributed by atoms with E-state index in [1.807, 2.05) is 25.1 Å². The summed E-state index contributed by atoms with van der Waals surface area (Å²) in [4.78, 5) is 4.07. The summed E-state index contributed by atoms with van der Waals surface area (Å²) in [5, 5.41) is 20.4. The topological polar surface area (TPSA) is 62.6 Å². The van der Waals surface area contributed by atoms with Crippen molar-refractivity contribution in [1.82, 2.24) is 4.98 Å². The summed E-state index contributed by atoms with van der Waals surface area (Å²) in [6.07, 6.45) is 3.84. The molecule has 0 spiro atoms. The fourth-order valence-corrected chi connectivity index (χ4v) is 3.32. The van der Waals surface area contributed by atoms with E-state index >= 15 is 0 Å². The van der Waals surface area contributed by atoms with Gasteiger partial charge in [-0.3, -0.25) is 4.98 Å². The molecule has 3 aromatic rings. The molecule has 4 nitrogen and oxygen atoms in total. The predicted molar refractivity (Wildman–Crippen MR) is 101 cm³/mol. The van der Waals surface area contributed by atoms with Crippen molar-refractivity contribution in [2.24, 2.45) is 0 Å². The number of phenols is 1. The number of ether oxygens (including phenoxy) is 1. The van der Waals surface area contributed by atoms with Crippen LogP contribution in [0.2, 0.25) is 5.02 Å². The summed E-state index contributed by atoms with van der Waals surface area (Å²) >= 11 is 6.01. The number of aromatic hydroxyl groups is 1. The van der Waals surface area contributed by atoms with Crippen LogP contribution in [0.5, 0.6) is 11.5 Å². The third-order valence-corrected chi connectivity index (χ3v) is 4.64. The Bertz CT molecular complexity index is 1030. The van der Waals surface area contributed by atoms with Gasteiger partial charge in [0, 0.05) is 35.5 Å². The molecule has 1 aliphatic heterocycles. The number of aryl methyl sites for hydroxylation is 1. The van der Waals surface area contributed by atoms with Crippen molar-refractivity contribution >= 4 is 17.4 Å². The molecule has 0 bridgehead atoms. The average Bonchev–Trinajstić information content (AvgIpc) is 2.63. The molecule has 0 amide bonds. The molecule has 0 saturated carbocycles. The Balaban J connectivity index is 1.84. The van der Waals surface area contributed by atoms with Crippen LogP contribution in [0.1, 0.15) is 16.7 Å². The van der Waals surface area contributed by atoms with Crippen LogP contribution in [-0.4, -0.2) is 15.2 Å². The number of phenolic OH excluding ortho intramolecular Hbond substituents is 1. The summed E-state index contributed by atoms with van der Waals surface area (Å²) in [5.74, 6) is 1.17. The minimum absolute atomic E-state index is 0.0141. The molecule has 0 saturated heterocycles. The lowest BCUT2D eigenvalue weighted by Gasteiger charge is -2.24. The third kappa shape index (κ3) is 2.89. The van der Waals surface area contributed by atoms with E-state index in [0.717, 1.165) is 22.3 Å². The Kier molecular flexibility index (Phi) is 4.05. The first-order chi connectivity index (χ1) is 12.5. The van der Waals surface area contributed by atoms with E-state index in [1.165, 1.54) is 6.07 Å². The van der Waals surface area contributed by atoms with Gasteiger partial charge in [-0.2, -0.15) is 0 Å². The predicted octanol–water partition coefficient (Wildman–Crippen LogP) is 5.28. The smallest absolute Gasteiger partial charge is 0.172 e. The van der Waals surface area contributed by atoms with Crippen LogP contribution in [0.15, 0.2) is 60.6 Å². The summed E-state index contributed by atoms with van der Waals surface area (Å²) in [6.45, 7) is 2.01. The number of nitrogens with zero attached hydrogens (tertiary/aromatic N) is 1. The molecule has 1 aromatic heterocycles. The van der Waals surface area contributed by atoms with Crippen LogP contribution < -0.4 is 4.74 Å². The van der Waals surface area contributed by atoms with Gasteiger partial charge in [-0.15, -0.1) is 0 Å². The monoisotopic (exact) mass is 365 g/mol. The fraction of sp³-hybridized carbons (Fsp3) is 0.0952. The van der Waals surface area contributed by atoms with Crippen molar-refractivity contribution < 1.29 is 14.9 Å². The molecule has 1 aliphatic rings. The molecule has 2 aromatic carbocycles. The second-order valence-corrected chi connectivity index (χ2v) is 6.66. The van der Waals surface area contributed by atoms with E-state index < -0.39 is 0 Å². The van der Waals surface area contributed by atoms with Gasteiger partial charge < -0.3 is 14.9 Å². The van der Waals surface area contributed by atoms with E-state index in [1.54, 1.807) is 24.5 Å². The Labute approximate surface area is 156 Å². The number of hydrogen-bond donors (Lipinski definition) is 2. The summed E-state index contributed by atoms with van der Waals surface area (Å²) in [5.41, 5.74) is 4.55. The Hall–Kier alpha value is -2.98. The number of pyridine rings is 1. The zero-order valence-corrected chi connectivity index (χ0v) is 14.8. The van der Waals surface area contributed by atoms with Gasteiger partial charge in [-0.25, -0.2) is 0 Å². The van der Waals surface area contributed by atoms with Crippen LogP contribution in [0, 0.1) is 6.92 Å². The van der Waals surface area contributed by atoms with Crippen molar-refractivity contribution in [2.75, 3.05) is 0 Å². The quantitative estimate of drug-likeness (QED) is 0.648. The summed E-state index contributed by atoms with van der Waals surface area (Å²) in [6, 6.07) is 12.6. The Morgan fingerprint density at radius 3 is 2.50 bits per heavy atom. The Morgan fingerprint density at radius 2 is 1.77 bits per heavy atom. The standard InChI is InChI=1S/C21H16ClNO3/c1-12-8-15-11-19(25)21(14-2-3-18(24)17(22)10-14)26-20(15)16(9-12)13-4-6-23-7-5-13/h2-10,24-25H,11H2,1H3. The number of fused-ring (bicyclic) bond motifs is 1. The minimum atomic E-state index is -0.0141. The van der Waals surface area contributed by atoms with Crippen molar-refractivity contribution in [3.05, 3.63) is 82.3 Å². The molecule has 0 fully saturated rings. The molecule has 2 heterocycles. The van der Waals surface area contributed by atoms with Crippen LogP contribution in [0.25, 0.3) is 16.9 Å². The van der Waals surface area contributed by atoms with Crippen LogP contribution in [-0.2, 0) is 6.42 Å². The molecule has 2 N–H and O–H groups in total. The molecule has 5 heteroatoms. The lowest BCUT2D eigenvalue weighted by atomic mass is 9.95. The number of hydrogen-bond acceptors (Lipinski definition) is 4. The molecule has 0 atom stereocenters. The lowest BCUT2D eigenvalue weighted by Crippen LogP contribution is -2.11. The van der Waals surface area contributed by atoms with E-state index in [9.17, 15) is 10.2 Å². The van der Waals surface area contributed by atoms with Gasteiger partial charge in [0.05, 0.1) is 5.02 Å². The highest BCUT2D eigenvalue weighted by Crippen LogP contribution is 2.42. The second-order valence-electron chi connectivity index (χ2n) is 6.26. The van der Waals surface area contributed by atoms with Crippen molar-refractivity contribution in [3.8, 4) is 22.6 Å². The number of allylic oxidation sites excluding steroid dienone is 1. The molecule has 4 rings (SSSR count). The number of rotatable bonds is 2. The third-order valence-electron chi connectivity index (χ3n) is 4.34. The van der Waals surface area contributed by atoms with Gasteiger partial charge in [0.15, 0.2) is 5.76 Å². The molecule has 0 radical (unpaired) electrons. The summed E-state index contributed by atoms with van der Waals surface area (Å²) in [7, 11) is 0. The van der Waals surface area contributed by atoms with E-state index in [2.05, 4.69) is 11.1 Å². The number of benzene rings is 2. The molecular weight excluding hydrogens is 350 g/mol. The molecule has 26 heavy (non-hydrogen) atoms. The average molecular weight is 366 g/mol. The molecular formula is C21H16ClNO3. The minimum Gasteiger partial charge on any atom is -0.508 e. The lowest BCUT2D eigenvalue weighted by molar-refractivity contribution is 0.358. The largest absolute Gasteiger partial charge is 0.508 e. The van der Waals surface area contributed by atoms with Crippen LogP contribution in [0.4, 0.5) is 0 Å². The normalized spacial score (nSPS) is 13.3. The van der Waals surface area contributed by atoms with Gasteiger partial charge in [0.1, 0.15) is 17.3 Å². The zero-order valence-electron chi connectivity index (χ0n) is 14.0. The van der Waals surface area contributed by atoms with Gasteiger partial charge in [0.25, 0.3) is 0 Å². The maximum atomic E-state index is 10.5. The van der Waals surface area contributed by atoms with Gasteiger partial charge in [0.2, 0.25) is 0 Å². The van der Waals surface area contributed by atoms with E-state index in [-0.39, 0.29) is 16.5 Å². The zero-order chi connectivity index (χ0) is 18.3. The van der Waals surface area contributed by atoms with Crippen LogP contribution in [0.3, 0.4) is 0 Å². The van der Waals surface area contributed by atoms with Gasteiger partial charge >= 0.3 is 0 Å². The first kappa shape index (κ1) is 16.5. The maximum absolute atomic E-state index is 10.5. The number of aliphatic hydroxyl groups is 1. The molecule has 0 aliphatic carbocycles. The van der Waals surface area contributed by atoms with Crippen molar-refractivity contribution in [2.45, 2.75) is 13.3 Å². The highest BCUT2D eigenvalue weighted by atomic mass is 35.5. The van der Waals surface area contributed by atoms with Crippen molar-refractivity contribution in [3.63, 3.8) is 0 Å². The Morgan fingerprint density at radius 1 is 1.00 bits per heavy atom. The maximum Gasteiger partial charge on any atom is 0.172 e. The molecule has 130 valence electrons. The van der Waals surface area contributed by atoms with E-state index in [4.69, 9.17) is 16.3 Å². The number of aliphatic hydroxyl groups excluding tert-OH is 1. The van der Waals surface area contributed by atoms with Gasteiger partial charge in [-0.05, 0) is 54.4 Å². The van der Waals surface area contributed by atoms with E-state index in [0.29, 0.717) is 23.5 Å². The fourth-order valence-electron chi connectivity index (χ4n) is 3.14. The summed E-state index contributed by atoms with van der Waals surface area (Å²) < 4.78 is 6.13. The number of aromatic nitrogens is 1. The first-order valence-electron chi connectivity index (χ1n) is 8.15. The second kappa shape index (κ2) is 6.39. The number of halogens is 1. The van der Waals surface area contributed by atoms with Gasteiger partial charge in [-0.1, -0.05) is 17.7 Å². The highest BCUT2D eigenvalue weighted by molar-refractivity contribution is 6.32. The first-order valence-corrected chi connectivity index (χ1v) is 8.53. The SMILES string of the molecule is Cc1cc2c(c(-c3ccncc3)c1)OC(c1ccc(O)c(Cl)c1)=C(O)C2. The highest BCUT2D eigenvalue weighted by Gasteiger charge is 2.24.